The van der Waals surface area contributed by atoms with Crippen LogP contribution in [0.4, 0.5) is 0 Å². The Bertz CT molecular complexity index is 911. The number of carbonyl (C=O) groups is 2. The van der Waals surface area contributed by atoms with Gasteiger partial charge in [0.2, 0.25) is 0 Å². The summed E-state index contributed by atoms with van der Waals surface area (Å²) in [5.74, 6) is -0.750. The Morgan fingerprint density at radius 2 is 1.81 bits per heavy atom. The molecular weight excluding hydrogens is 348 g/mol. The molecule has 5 nitrogen and oxygen atoms in total. The van der Waals surface area contributed by atoms with Crippen molar-refractivity contribution in [3.8, 4) is 0 Å². The standard InChI is InChI=1S/C20H20N2O3S/c1-13-8-14(2)10-15(9-13)20(24)25-12-19(23)22(3)11-18-21-16-6-4-5-7-17(16)26-18/h4-10H,11-12H2,1-3H3. The monoisotopic (exact) mass is 368 g/mol. The van der Waals surface area contributed by atoms with Gasteiger partial charge in [0, 0.05) is 7.05 Å². The number of para-hydroxylation sites is 1. The summed E-state index contributed by atoms with van der Waals surface area (Å²) in [6.07, 6.45) is 0. The summed E-state index contributed by atoms with van der Waals surface area (Å²) in [5.41, 5.74) is 3.35. The number of nitrogens with zero attached hydrogens (tertiary/aromatic N) is 2. The summed E-state index contributed by atoms with van der Waals surface area (Å²) in [4.78, 5) is 30.4. The van der Waals surface area contributed by atoms with E-state index in [9.17, 15) is 9.59 Å². The summed E-state index contributed by atoms with van der Waals surface area (Å²) in [5, 5.41) is 0.850. The average Bonchev–Trinajstić information content (AvgIpc) is 3.00. The van der Waals surface area contributed by atoms with Crippen LogP contribution in [-0.4, -0.2) is 35.4 Å². The second-order valence-corrected chi connectivity index (χ2v) is 7.39. The summed E-state index contributed by atoms with van der Waals surface area (Å²) < 4.78 is 6.26. The lowest BCUT2D eigenvalue weighted by Crippen LogP contribution is -2.30. The van der Waals surface area contributed by atoms with Gasteiger partial charge in [-0.1, -0.05) is 29.3 Å². The van der Waals surface area contributed by atoms with Crippen LogP contribution < -0.4 is 0 Å². The number of rotatable bonds is 5. The first kappa shape index (κ1) is 18.1. The molecule has 0 radical (unpaired) electrons. The van der Waals surface area contributed by atoms with Crippen molar-refractivity contribution in [3.05, 3.63) is 64.2 Å². The van der Waals surface area contributed by atoms with Crippen molar-refractivity contribution in [2.75, 3.05) is 13.7 Å². The van der Waals surface area contributed by atoms with Gasteiger partial charge in [-0.25, -0.2) is 9.78 Å². The molecule has 1 aromatic heterocycles. The number of likely N-dealkylation sites (N-methyl/N-ethyl adjacent to an activating group) is 1. The Balaban J connectivity index is 1.57. The first-order chi connectivity index (χ1) is 12.4. The van der Waals surface area contributed by atoms with E-state index < -0.39 is 5.97 Å². The lowest BCUT2D eigenvalue weighted by atomic mass is 10.1. The van der Waals surface area contributed by atoms with E-state index in [0.29, 0.717) is 12.1 Å². The number of hydrogen-bond acceptors (Lipinski definition) is 5. The minimum absolute atomic E-state index is 0.262. The van der Waals surface area contributed by atoms with E-state index in [0.717, 1.165) is 26.4 Å². The van der Waals surface area contributed by atoms with Gasteiger partial charge in [0.25, 0.3) is 5.91 Å². The van der Waals surface area contributed by atoms with Crippen LogP contribution in [0, 0.1) is 13.8 Å². The summed E-state index contributed by atoms with van der Waals surface area (Å²) >= 11 is 1.55. The predicted molar refractivity (Wildman–Crippen MR) is 102 cm³/mol. The number of benzene rings is 2. The molecule has 3 aromatic rings. The fraction of sp³-hybridized carbons (Fsp3) is 0.250. The highest BCUT2D eigenvalue weighted by Crippen LogP contribution is 2.22. The van der Waals surface area contributed by atoms with Gasteiger partial charge in [-0.3, -0.25) is 4.79 Å². The van der Waals surface area contributed by atoms with Crippen molar-refractivity contribution in [3.63, 3.8) is 0 Å². The highest BCUT2D eigenvalue weighted by molar-refractivity contribution is 7.18. The van der Waals surface area contributed by atoms with E-state index in [-0.39, 0.29) is 12.5 Å². The van der Waals surface area contributed by atoms with E-state index in [1.165, 1.54) is 4.90 Å². The number of carbonyl (C=O) groups excluding carboxylic acids is 2. The number of aromatic nitrogens is 1. The van der Waals surface area contributed by atoms with Crippen LogP contribution in [0.1, 0.15) is 26.5 Å². The van der Waals surface area contributed by atoms with Crippen LogP contribution >= 0.6 is 11.3 Å². The Kier molecular flexibility index (Phi) is 5.32. The molecule has 0 saturated heterocycles. The lowest BCUT2D eigenvalue weighted by molar-refractivity contribution is -0.133. The van der Waals surface area contributed by atoms with Gasteiger partial charge in [0.05, 0.1) is 22.3 Å². The highest BCUT2D eigenvalue weighted by Gasteiger charge is 2.16. The van der Waals surface area contributed by atoms with Gasteiger partial charge >= 0.3 is 5.97 Å². The number of fused-ring (bicyclic) bond motifs is 1. The number of esters is 1. The first-order valence-electron chi connectivity index (χ1n) is 8.26. The van der Waals surface area contributed by atoms with Crippen LogP contribution in [0.15, 0.2) is 42.5 Å². The summed E-state index contributed by atoms with van der Waals surface area (Å²) in [6.45, 7) is 3.94. The third-order valence-corrected chi connectivity index (χ3v) is 4.94. The number of ether oxygens (including phenoxy) is 1. The average molecular weight is 368 g/mol. The van der Waals surface area contributed by atoms with Crippen molar-refractivity contribution in [1.29, 1.82) is 0 Å². The van der Waals surface area contributed by atoms with E-state index >= 15 is 0 Å². The molecular formula is C20H20N2O3S. The molecule has 26 heavy (non-hydrogen) atoms. The van der Waals surface area contributed by atoms with Gasteiger partial charge < -0.3 is 9.64 Å². The molecule has 0 atom stereocenters. The highest BCUT2D eigenvalue weighted by atomic mass is 32.1. The molecule has 0 aliphatic carbocycles. The van der Waals surface area contributed by atoms with E-state index in [4.69, 9.17) is 4.74 Å². The third-order valence-electron chi connectivity index (χ3n) is 3.92. The molecule has 3 rings (SSSR count). The number of thiazole rings is 1. The van der Waals surface area contributed by atoms with Gasteiger partial charge in [-0.05, 0) is 38.1 Å². The Morgan fingerprint density at radius 1 is 1.12 bits per heavy atom. The van der Waals surface area contributed by atoms with Crippen LogP contribution in [-0.2, 0) is 16.1 Å². The van der Waals surface area contributed by atoms with Crippen LogP contribution in [0.2, 0.25) is 0 Å². The molecule has 6 heteroatoms. The maximum Gasteiger partial charge on any atom is 0.338 e. The first-order valence-corrected chi connectivity index (χ1v) is 9.08. The van der Waals surface area contributed by atoms with Crippen LogP contribution in [0.5, 0.6) is 0 Å². The molecule has 0 spiro atoms. The smallest absolute Gasteiger partial charge is 0.338 e. The molecule has 0 fully saturated rings. The second kappa shape index (κ2) is 7.66. The van der Waals surface area contributed by atoms with Gasteiger partial charge in [-0.15, -0.1) is 11.3 Å². The molecule has 2 aromatic carbocycles. The van der Waals surface area contributed by atoms with Crippen LogP contribution in [0.3, 0.4) is 0 Å². The van der Waals surface area contributed by atoms with E-state index in [2.05, 4.69) is 4.98 Å². The minimum atomic E-state index is -0.487. The predicted octanol–water partition coefficient (Wildman–Crippen LogP) is 3.73. The minimum Gasteiger partial charge on any atom is -0.452 e. The van der Waals surface area contributed by atoms with Crippen molar-refractivity contribution in [1.82, 2.24) is 9.88 Å². The largest absolute Gasteiger partial charge is 0.452 e. The Hall–Kier alpha value is -2.73. The summed E-state index contributed by atoms with van der Waals surface area (Å²) in [6, 6.07) is 13.3. The SMILES string of the molecule is Cc1cc(C)cc(C(=O)OCC(=O)N(C)Cc2nc3ccccc3s2)c1. The van der Waals surface area contributed by atoms with Crippen molar-refractivity contribution in [2.24, 2.45) is 0 Å². The molecule has 0 saturated carbocycles. The fourth-order valence-electron chi connectivity index (χ4n) is 2.69. The fourth-order valence-corrected chi connectivity index (χ4v) is 3.71. The third kappa shape index (κ3) is 4.26. The van der Waals surface area contributed by atoms with Gasteiger partial charge in [-0.2, -0.15) is 0 Å². The van der Waals surface area contributed by atoms with E-state index in [1.54, 1.807) is 30.5 Å². The molecule has 1 amide bonds. The maximum atomic E-state index is 12.3. The zero-order valence-corrected chi connectivity index (χ0v) is 15.8. The molecule has 0 N–H and O–H groups in total. The van der Waals surface area contributed by atoms with Crippen molar-refractivity contribution in [2.45, 2.75) is 20.4 Å². The lowest BCUT2D eigenvalue weighted by Gasteiger charge is -2.15. The summed E-state index contributed by atoms with van der Waals surface area (Å²) in [7, 11) is 1.68. The zero-order valence-electron chi connectivity index (χ0n) is 15.0. The van der Waals surface area contributed by atoms with Gasteiger partial charge in [0.15, 0.2) is 6.61 Å². The second-order valence-electron chi connectivity index (χ2n) is 6.28. The molecule has 134 valence electrons. The molecule has 0 aliphatic heterocycles. The normalized spacial score (nSPS) is 10.7. The van der Waals surface area contributed by atoms with Gasteiger partial charge in [0.1, 0.15) is 5.01 Å². The number of hydrogen-bond donors (Lipinski definition) is 0. The molecule has 0 aliphatic rings. The number of amides is 1. The Morgan fingerprint density at radius 3 is 2.50 bits per heavy atom. The number of aryl methyl sites for hydroxylation is 2. The zero-order chi connectivity index (χ0) is 18.7. The van der Waals surface area contributed by atoms with Crippen molar-refractivity contribution < 1.29 is 14.3 Å². The quantitative estimate of drug-likeness (QED) is 0.644. The Labute approximate surface area is 156 Å². The molecule has 0 unspecified atom stereocenters. The van der Waals surface area contributed by atoms with Crippen LogP contribution in [0.25, 0.3) is 10.2 Å². The topological polar surface area (TPSA) is 59.5 Å². The molecule has 0 bridgehead atoms. The molecule has 1 heterocycles. The van der Waals surface area contributed by atoms with Crippen molar-refractivity contribution >= 4 is 33.4 Å². The van der Waals surface area contributed by atoms with E-state index in [1.807, 2.05) is 44.2 Å². The maximum absolute atomic E-state index is 12.3.